The van der Waals surface area contributed by atoms with E-state index in [1.54, 1.807) is 36.4 Å². The van der Waals surface area contributed by atoms with Crippen molar-refractivity contribution in [2.45, 2.75) is 6.42 Å². The lowest BCUT2D eigenvalue weighted by Gasteiger charge is -1.92. The maximum absolute atomic E-state index is 9.15. The SMILES string of the molecule is Oc1ccc(C#CC/C=C/c2ccc(O)cc2)cc1. The lowest BCUT2D eigenvalue weighted by atomic mass is 10.2. The minimum atomic E-state index is 0.248. The highest BCUT2D eigenvalue weighted by atomic mass is 16.3. The van der Waals surface area contributed by atoms with Crippen LogP contribution in [0.2, 0.25) is 0 Å². The third-order valence-electron chi connectivity index (χ3n) is 2.52. The molecule has 2 aromatic carbocycles. The van der Waals surface area contributed by atoms with Crippen LogP contribution >= 0.6 is 0 Å². The molecule has 0 heterocycles. The number of phenolic OH excluding ortho intramolecular Hbond substituents is 2. The zero-order chi connectivity index (χ0) is 13.5. The first-order chi connectivity index (χ1) is 9.24. The third kappa shape index (κ3) is 4.25. The van der Waals surface area contributed by atoms with Gasteiger partial charge in [-0.05, 0) is 42.0 Å². The minimum absolute atomic E-state index is 0.248. The third-order valence-corrected chi connectivity index (χ3v) is 2.52. The first-order valence-electron chi connectivity index (χ1n) is 5.97. The molecule has 0 bridgehead atoms. The molecule has 0 aromatic heterocycles. The zero-order valence-electron chi connectivity index (χ0n) is 10.4. The molecule has 0 amide bonds. The van der Waals surface area contributed by atoms with E-state index in [1.165, 1.54) is 0 Å². The summed E-state index contributed by atoms with van der Waals surface area (Å²) < 4.78 is 0. The van der Waals surface area contributed by atoms with Crippen molar-refractivity contribution in [1.29, 1.82) is 0 Å². The Hall–Kier alpha value is -2.66. The molecule has 0 unspecified atom stereocenters. The van der Waals surface area contributed by atoms with E-state index in [0.29, 0.717) is 6.42 Å². The predicted molar refractivity (Wildman–Crippen MR) is 76.7 cm³/mol. The Bertz CT molecular complexity index is 611. The second-order valence-corrected chi connectivity index (χ2v) is 4.05. The smallest absolute Gasteiger partial charge is 0.115 e. The quantitative estimate of drug-likeness (QED) is 0.800. The Morgan fingerprint density at radius 3 is 2.05 bits per heavy atom. The molecule has 0 radical (unpaired) electrons. The topological polar surface area (TPSA) is 40.5 Å². The Labute approximate surface area is 112 Å². The standard InChI is InChI=1S/C17H14O2/c18-16-10-6-14(7-11-16)4-2-1-3-5-15-8-12-17(19)13-9-15/h2,4,6-13,18-19H,1H2/b4-2+. The van der Waals surface area contributed by atoms with Gasteiger partial charge in [-0.25, -0.2) is 0 Å². The fraction of sp³-hybridized carbons (Fsp3) is 0.0588. The van der Waals surface area contributed by atoms with Crippen LogP contribution in [0.25, 0.3) is 6.08 Å². The van der Waals surface area contributed by atoms with Crippen molar-refractivity contribution in [2.24, 2.45) is 0 Å². The van der Waals surface area contributed by atoms with Crippen LogP contribution in [0.1, 0.15) is 17.5 Å². The van der Waals surface area contributed by atoms with E-state index in [0.717, 1.165) is 11.1 Å². The highest BCUT2D eigenvalue weighted by Gasteiger charge is 1.88. The van der Waals surface area contributed by atoms with E-state index < -0.39 is 0 Å². The van der Waals surface area contributed by atoms with Crippen LogP contribution in [-0.4, -0.2) is 10.2 Å². The van der Waals surface area contributed by atoms with E-state index in [4.69, 9.17) is 10.2 Å². The van der Waals surface area contributed by atoms with E-state index in [9.17, 15) is 0 Å². The largest absolute Gasteiger partial charge is 0.508 e. The maximum atomic E-state index is 9.15. The zero-order valence-corrected chi connectivity index (χ0v) is 10.4. The number of hydrogen-bond donors (Lipinski definition) is 2. The highest BCUT2D eigenvalue weighted by molar-refractivity contribution is 5.51. The van der Waals surface area contributed by atoms with E-state index in [2.05, 4.69) is 11.8 Å². The van der Waals surface area contributed by atoms with Gasteiger partial charge in [-0.1, -0.05) is 36.1 Å². The molecule has 94 valence electrons. The number of allylic oxidation sites excluding steroid dienone is 1. The van der Waals surface area contributed by atoms with E-state index in [1.807, 2.05) is 24.3 Å². The molecule has 0 aliphatic carbocycles. The molecular formula is C17H14O2. The number of phenols is 2. The molecule has 0 atom stereocenters. The molecule has 2 rings (SSSR count). The van der Waals surface area contributed by atoms with Crippen LogP contribution in [0.15, 0.2) is 54.6 Å². The van der Waals surface area contributed by atoms with Gasteiger partial charge in [0.25, 0.3) is 0 Å². The van der Waals surface area contributed by atoms with Gasteiger partial charge in [0.15, 0.2) is 0 Å². The van der Waals surface area contributed by atoms with Crippen molar-refractivity contribution in [3.8, 4) is 23.3 Å². The first-order valence-corrected chi connectivity index (χ1v) is 5.97. The maximum Gasteiger partial charge on any atom is 0.115 e. The van der Waals surface area contributed by atoms with Gasteiger partial charge in [0, 0.05) is 12.0 Å². The van der Waals surface area contributed by atoms with E-state index >= 15 is 0 Å². The van der Waals surface area contributed by atoms with Crippen LogP contribution in [-0.2, 0) is 0 Å². The number of aromatic hydroxyl groups is 2. The van der Waals surface area contributed by atoms with Crippen molar-refractivity contribution in [2.75, 3.05) is 0 Å². The van der Waals surface area contributed by atoms with Gasteiger partial charge in [-0.2, -0.15) is 0 Å². The van der Waals surface area contributed by atoms with Crippen LogP contribution in [0.3, 0.4) is 0 Å². The minimum Gasteiger partial charge on any atom is -0.508 e. The Morgan fingerprint density at radius 1 is 0.842 bits per heavy atom. The van der Waals surface area contributed by atoms with Crippen LogP contribution < -0.4 is 0 Å². The number of hydrogen-bond acceptors (Lipinski definition) is 2. The second kappa shape index (κ2) is 6.32. The number of benzene rings is 2. The lowest BCUT2D eigenvalue weighted by molar-refractivity contribution is 0.474. The summed E-state index contributed by atoms with van der Waals surface area (Å²) >= 11 is 0. The van der Waals surface area contributed by atoms with Gasteiger partial charge in [0.05, 0.1) is 0 Å². The summed E-state index contributed by atoms with van der Waals surface area (Å²) in [6.45, 7) is 0. The molecule has 2 aromatic rings. The average molecular weight is 250 g/mol. The van der Waals surface area contributed by atoms with Gasteiger partial charge in [0.1, 0.15) is 11.5 Å². The monoisotopic (exact) mass is 250 g/mol. The van der Waals surface area contributed by atoms with Crippen molar-refractivity contribution < 1.29 is 10.2 Å². The molecule has 0 aliphatic rings. The first kappa shape index (κ1) is 12.8. The van der Waals surface area contributed by atoms with Crippen LogP contribution in [0.5, 0.6) is 11.5 Å². The van der Waals surface area contributed by atoms with Gasteiger partial charge in [-0.3, -0.25) is 0 Å². The Balaban J connectivity index is 1.90. The molecule has 0 spiro atoms. The average Bonchev–Trinajstić information content (AvgIpc) is 2.43. The number of rotatable bonds is 2. The summed E-state index contributed by atoms with van der Waals surface area (Å²) in [5.74, 6) is 6.57. The molecule has 19 heavy (non-hydrogen) atoms. The molecule has 0 saturated carbocycles. The fourth-order valence-corrected chi connectivity index (χ4v) is 1.54. The molecule has 0 aliphatic heterocycles. The summed E-state index contributed by atoms with van der Waals surface area (Å²) in [6, 6.07) is 13.8. The summed E-state index contributed by atoms with van der Waals surface area (Å²) in [6.07, 6.45) is 4.59. The van der Waals surface area contributed by atoms with Crippen LogP contribution in [0, 0.1) is 11.8 Å². The van der Waals surface area contributed by atoms with Crippen molar-refractivity contribution in [3.05, 3.63) is 65.7 Å². The summed E-state index contributed by atoms with van der Waals surface area (Å²) in [5, 5.41) is 18.3. The summed E-state index contributed by atoms with van der Waals surface area (Å²) in [4.78, 5) is 0. The van der Waals surface area contributed by atoms with Gasteiger partial charge < -0.3 is 10.2 Å². The van der Waals surface area contributed by atoms with E-state index in [-0.39, 0.29) is 11.5 Å². The van der Waals surface area contributed by atoms with Gasteiger partial charge in [-0.15, -0.1) is 0 Å². The fourth-order valence-electron chi connectivity index (χ4n) is 1.54. The highest BCUT2D eigenvalue weighted by Crippen LogP contribution is 2.11. The molecule has 2 N–H and O–H groups in total. The van der Waals surface area contributed by atoms with Crippen molar-refractivity contribution >= 4 is 6.08 Å². The van der Waals surface area contributed by atoms with Gasteiger partial charge in [0.2, 0.25) is 0 Å². The molecule has 0 fully saturated rings. The molecule has 2 nitrogen and oxygen atoms in total. The second-order valence-electron chi connectivity index (χ2n) is 4.05. The van der Waals surface area contributed by atoms with Crippen molar-refractivity contribution in [3.63, 3.8) is 0 Å². The normalized spacial score (nSPS) is 10.1. The lowest BCUT2D eigenvalue weighted by Crippen LogP contribution is -1.72. The molecular weight excluding hydrogens is 236 g/mol. The van der Waals surface area contributed by atoms with Crippen molar-refractivity contribution in [1.82, 2.24) is 0 Å². The Morgan fingerprint density at radius 2 is 1.42 bits per heavy atom. The Kier molecular flexibility index (Phi) is 4.25. The summed E-state index contributed by atoms with van der Waals surface area (Å²) in [7, 11) is 0. The molecule has 0 saturated heterocycles. The predicted octanol–water partition coefficient (Wildman–Crippen LogP) is 3.55. The molecule has 2 heteroatoms. The van der Waals surface area contributed by atoms with Crippen LogP contribution in [0.4, 0.5) is 0 Å². The summed E-state index contributed by atoms with van der Waals surface area (Å²) in [5.41, 5.74) is 1.92. The van der Waals surface area contributed by atoms with Gasteiger partial charge >= 0.3 is 0 Å².